The molecule has 3 unspecified atom stereocenters. The van der Waals surface area contributed by atoms with Gasteiger partial charge in [0, 0.05) is 24.3 Å². The van der Waals surface area contributed by atoms with E-state index in [1.165, 1.54) is 0 Å². The Morgan fingerprint density at radius 3 is 2.50 bits per heavy atom. The van der Waals surface area contributed by atoms with E-state index in [0.717, 1.165) is 18.5 Å². The molecule has 0 radical (unpaired) electrons. The topological polar surface area (TPSA) is 67.2 Å². The van der Waals surface area contributed by atoms with E-state index in [9.17, 15) is 4.79 Å². The fraction of sp³-hybridized carbons (Fsp3) is 0.462. The number of hydrogen-bond donors (Lipinski definition) is 3. The van der Waals surface area contributed by atoms with Crippen molar-refractivity contribution in [3.63, 3.8) is 0 Å². The molecule has 98 valence electrons. The number of carbonyl (C=O) groups excluding carboxylic acids is 1. The van der Waals surface area contributed by atoms with Gasteiger partial charge in [0.25, 0.3) is 5.91 Å². The molecule has 1 saturated carbocycles. The molecule has 5 heteroatoms. The Hall–Kier alpha value is -1.26. The average molecular weight is 268 g/mol. The number of nitrogens with one attached hydrogen (secondary N) is 2. The molecule has 1 aromatic rings. The fourth-order valence-electron chi connectivity index (χ4n) is 2.20. The van der Waals surface area contributed by atoms with Crippen LogP contribution in [0.5, 0.6) is 0 Å². The molecule has 1 fully saturated rings. The molecule has 3 atom stereocenters. The second-order valence-corrected chi connectivity index (χ2v) is 5.14. The van der Waals surface area contributed by atoms with Crippen molar-refractivity contribution >= 4 is 23.2 Å². The summed E-state index contributed by atoms with van der Waals surface area (Å²) in [6.07, 6.45) is 1.71. The zero-order chi connectivity index (χ0) is 13.1. The molecule has 0 heterocycles. The van der Waals surface area contributed by atoms with E-state index in [1.54, 1.807) is 12.1 Å². The first-order valence-corrected chi connectivity index (χ1v) is 6.54. The van der Waals surface area contributed by atoms with Crippen LogP contribution in [0.1, 0.15) is 23.2 Å². The van der Waals surface area contributed by atoms with Gasteiger partial charge in [-0.1, -0.05) is 0 Å². The van der Waals surface area contributed by atoms with Crippen LogP contribution in [0.15, 0.2) is 24.3 Å². The average Bonchev–Trinajstić information content (AvgIpc) is 2.70. The second-order valence-electron chi connectivity index (χ2n) is 4.58. The van der Waals surface area contributed by atoms with Crippen LogP contribution in [-0.4, -0.2) is 30.4 Å². The second kappa shape index (κ2) is 5.59. The number of nitrogens with two attached hydrogens (primary N) is 1. The van der Waals surface area contributed by atoms with Crippen molar-refractivity contribution in [3.05, 3.63) is 29.8 Å². The predicted molar refractivity (Wildman–Crippen MR) is 74.1 cm³/mol. The van der Waals surface area contributed by atoms with Crippen LogP contribution in [0.3, 0.4) is 0 Å². The number of rotatable bonds is 3. The van der Waals surface area contributed by atoms with Gasteiger partial charge in [-0.3, -0.25) is 4.79 Å². The summed E-state index contributed by atoms with van der Waals surface area (Å²) < 4.78 is 0. The summed E-state index contributed by atoms with van der Waals surface area (Å²) in [7, 11) is 1.84. The molecule has 0 aliphatic heterocycles. The number of alkyl halides is 1. The Bertz CT molecular complexity index is 411. The smallest absolute Gasteiger partial charge is 0.251 e. The number of halogens is 1. The first-order valence-electron chi connectivity index (χ1n) is 6.10. The Morgan fingerprint density at radius 1 is 1.33 bits per heavy atom. The summed E-state index contributed by atoms with van der Waals surface area (Å²) in [5.41, 5.74) is 7.53. The molecule has 0 aromatic heterocycles. The van der Waals surface area contributed by atoms with Crippen LogP contribution in [0.25, 0.3) is 0 Å². The molecular formula is C13H18ClN3O. The third kappa shape index (κ3) is 2.76. The molecule has 1 aliphatic carbocycles. The molecule has 0 saturated heterocycles. The molecule has 1 amide bonds. The van der Waals surface area contributed by atoms with Crippen molar-refractivity contribution in [1.29, 1.82) is 0 Å². The van der Waals surface area contributed by atoms with E-state index in [4.69, 9.17) is 17.3 Å². The molecule has 2 rings (SSSR count). The summed E-state index contributed by atoms with van der Waals surface area (Å²) in [4.78, 5) is 12.0. The summed E-state index contributed by atoms with van der Waals surface area (Å²) in [6, 6.07) is 7.11. The lowest BCUT2D eigenvalue weighted by molar-refractivity contribution is 0.0935. The Balaban J connectivity index is 2.02. The van der Waals surface area contributed by atoms with Crippen LogP contribution < -0.4 is 16.4 Å². The molecule has 18 heavy (non-hydrogen) atoms. The molecule has 0 spiro atoms. The van der Waals surface area contributed by atoms with E-state index < -0.39 is 0 Å². The number of carbonyl (C=O) groups is 1. The van der Waals surface area contributed by atoms with Crippen molar-refractivity contribution in [1.82, 2.24) is 5.32 Å². The van der Waals surface area contributed by atoms with Gasteiger partial charge in [-0.05, 0) is 37.1 Å². The van der Waals surface area contributed by atoms with Crippen LogP contribution in [0, 0.1) is 0 Å². The number of anilines is 1. The third-order valence-corrected chi connectivity index (χ3v) is 3.85. The summed E-state index contributed by atoms with van der Waals surface area (Å²) in [6.45, 7) is 0. The normalized spacial score (nSPS) is 26.9. The standard InChI is InChI=1S/C13H18ClN3O/c1-16-9-4-2-8(3-5-9)13(18)17-12-10(14)6-7-11(12)15/h2-5,10-12,16H,6-7,15H2,1H3,(H,17,18). The molecule has 4 N–H and O–H groups in total. The SMILES string of the molecule is CNc1ccc(C(=O)NC2C(N)CCC2Cl)cc1. The van der Waals surface area contributed by atoms with Crippen molar-refractivity contribution in [2.75, 3.05) is 12.4 Å². The number of hydrogen-bond acceptors (Lipinski definition) is 3. The highest BCUT2D eigenvalue weighted by Gasteiger charge is 2.33. The highest BCUT2D eigenvalue weighted by molar-refractivity contribution is 6.21. The Labute approximate surface area is 112 Å². The van der Waals surface area contributed by atoms with Crippen LogP contribution in [0.2, 0.25) is 0 Å². The van der Waals surface area contributed by atoms with Gasteiger partial charge in [-0.25, -0.2) is 0 Å². The predicted octanol–water partition coefficient (Wildman–Crippen LogP) is 1.56. The van der Waals surface area contributed by atoms with Gasteiger partial charge in [0.15, 0.2) is 0 Å². The van der Waals surface area contributed by atoms with Gasteiger partial charge in [-0.2, -0.15) is 0 Å². The summed E-state index contributed by atoms with van der Waals surface area (Å²) >= 11 is 6.15. The minimum Gasteiger partial charge on any atom is -0.388 e. The summed E-state index contributed by atoms with van der Waals surface area (Å²) in [5.74, 6) is -0.120. The first-order chi connectivity index (χ1) is 8.61. The Kier molecular flexibility index (Phi) is 4.09. The van der Waals surface area contributed by atoms with Crippen molar-refractivity contribution in [3.8, 4) is 0 Å². The van der Waals surface area contributed by atoms with E-state index in [1.807, 2.05) is 19.2 Å². The highest BCUT2D eigenvalue weighted by atomic mass is 35.5. The lowest BCUT2D eigenvalue weighted by Crippen LogP contribution is -2.47. The van der Waals surface area contributed by atoms with Gasteiger partial charge in [0.2, 0.25) is 0 Å². The zero-order valence-corrected chi connectivity index (χ0v) is 11.1. The Morgan fingerprint density at radius 2 is 2.00 bits per heavy atom. The van der Waals surface area contributed by atoms with Gasteiger partial charge in [0.05, 0.1) is 11.4 Å². The van der Waals surface area contributed by atoms with Crippen molar-refractivity contribution in [2.24, 2.45) is 5.73 Å². The van der Waals surface area contributed by atoms with Crippen LogP contribution in [0.4, 0.5) is 5.69 Å². The van der Waals surface area contributed by atoms with E-state index in [-0.39, 0.29) is 23.4 Å². The van der Waals surface area contributed by atoms with Crippen LogP contribution >= 0.6 is 11.6 Å². The minimum absolute atomic E-state index is 0.0481. The van der Waals surface area contributed by atoms with Crippen LogP contribution in [-0.2, 0) is 0 Å². The van der Waals surface area contributed by atoms with Crippen molar-refractivity contribution in [2.45, 2.75) is 30.3 Å². The van der Waals surface area contributed by atoms with Gasteiger partial charge >= 0.3 is 0 Å². The quantitative estimate of drug-likeness (QED) is 0.728. The summed E-state index contributed by atoms with van der Waals surface area (Å²) in [5, 5.41) is 5.85. The maximum atomic E-state index is 12.0. The molecule has 1 aromatic carbocycles. The van der Waals surface area contributed by atoms with Gasteiger partial charge in [0.1, 0.15) is 0 Å². The monoisotopic (exact) mass is 267 g/mol. The number of benzene rings is 1. The fourth-order valence-corrected chi connectivity index (χ4v) is 2.58. The maximum Gasteiger partial charge on any atom is 0.251 e. The van der Waals surface area contributed by atoms with E-state index in [0.29, 0.717) is 5.56 Å². The lowest BCUT2D eigenvalue weighted by atomic mass is 10.1. The van der Waals surface area contributed by atoms with Gasteiger partial charge < -0.3 is 16.4 Å². The number of amides is 1. The molecule has 4 nitrogen and oxygen atoms in total. The molecule has 0 bridgehead atoms. The van der Waals surface area contributed by atoms with Gasteiger partial charge in [-0.15, -0.1) is 11.6 Å². The molecular weight excluding hydrogens is 250 g/mol. The van der Waals surface area contributed by atoms with E-state index >= 15 is 0 Å². The van der Waals surface area contributed by atoms with Crippen molar-refractivity contribution < 1.29 is 4.79 Å². The zero-order valence-electron chi connectivity index (χ0n) is 10.3. The largest absolute Gasteiger partial charge is 0.388 e. The van der Waals surface area contributed by atoms with E-state index in [2.05, 4.69) is 10.6 Å². The molecule has 1 aliphatic rings. The lowest BCUT2D eigenvalue weighted by Gasteiger charge is -2.20. The first kappa shape index (κ1) is 13.2. The third-order valence-electron chi connectivity index (χ3n) is 3.36. The minimum atomic E-state index is -0.136. The highest BCUT2D eigenvalue weighted by Crippen LogP contribution is 2.23. The maximum absolute atomic E-state index is 12.0.